The van der Waals surface area contributed by atoms with E-state index < -0.39 is 0 Å². The number of hydrogen-bond acceptors (Lipinski definition) is 3. The summed E-state index contributed by atoms with van der Waals surface area (Å²) in [6.07, 6.45) is 2.81. The van der Waals surface area contributed by atoms with Crippen molar-refractivity contribution in [3.63, 3.8) is 0 Å². The fraction of sp³-hybridized carbons (Fsp3) is 0.500. The van der Waals surface area contributed by atoms with E-state index in [2.05, 4.69) is 26.7 Å². The number of alkyl halides is 1. The summed E-state index contributed by atoms with van der Waals surface area (Å²) in [4.78, 5) is 4.64. The Hall–Kier alpha value is -1.82. The molecular formula is C14H19ClN6. The van der Waals surface area contributed by atoms with E-state index >= 15 is 0 Å². The van der Waals surface area contributed by atoms with Crippen molar-refractivity contribution in [3.8, 4) is 0 Å². The van der Waals surface area contributed by atoms with Gasteiger partial charge in [0.15, 0.2) is 5.65 Å². The molecule has 0 bridgehead atoms. The van der Waals surface area contributed by atoms with E-state index in [9.17, 15) is 0 Å². The van der Waals surface area contributed by atoms with Gasteiger partial charge in [0.05, 0.1) is 17.3 Å². The number of aryl methyl sites for hydroxylation is 5. The second-order valence-corrected chi connectivity index (χ2v) is 5.38. The zero-order valence-corrected chi connectivity index (χ0v) is 13.3. The normalized spacial score (nSPS) is 11.6. The summed E-state index contributed by atoms with van der Waals surface area (Å²) >= 11 is 6.06. The summed E-state index contributed by atoms with van der Waals surface area (Å²) in [5.74, 6) is 1.30. The number of nitrogens with zero attached hydrogens (tertiary/aromatic N) is 6. The van der Waals surface area contributed by atoms with E-state index in [-0.39, 0.29) is 0 Å². The summed E-state index contributed by atoms with van der Waals surface area (Å²) in [6, 6.07) is 2.04. The molecule has 3 aromatic heterocycles. The molecule has 0 saturated carbocycles. The molecule has 112 valence electrons. The van der Waals surface area contributed by atoms with Crippen LogP contribution in [0.5, 0.6) is 0 Å². The third kappa shape index (κ3) is 2.44. The molecule has 3 aromatic rings. The van der Waals surface area contributed by atoms with Gasteiger partial charge in [-0.25, -0.2) is 9.67 Å². The number of imidazole rings is 1. The standard InChI is InChI=1S/C14H19ClN6/c1-4-21-14-13(10(2)17-21)16-12(9-15)20(14)8-6-11-5-7-19(3)18-11/h5,7H,4,6,8-9H2,1-3H3. The molecule has 0 saturated heterocycles. The maximum atomic E-state index is 6.06. The van der Waals surface area contributed by atoms with Crippen LogP contribution in [0.2, 0.25) is 0 Å². The minimum atomic E-state index is 0.403. The van der Waals surface area contributed by atoms with Crippen LogP contribution in [0, 0.1) is 6.92 Å². The van der Waals surface area contributed by atoms with Crippen molar-refractivity contribution in [1.82, 2.24) is 29.1 Å². The lowest BCUT2D eigenvalue weighted by molar-refractivity contribution is 0.608. The molecule has 7 heteroatoms. The Bertz CT molecular complexity index is 766. The topological polar surface area (TPSA) is 53.5 Å². The van der Waals surface area contributed by atoms with Crippen LogP contribution in [0.4, 0.5) is 0 Å². The predicted octanol–water partition coefficient (Wildman–Crippen LogP) is 2.28. The molecule has 0 amide bonds. The highest BCUT2D eigenvalue weighted by Crippen LogP contribution is 2.21. The minimum absolute atomic E-state index is 0.403. The Morgan fingerprint density at radius 2 is 2.10 bits per heavy atom. The van der Waals surface area contributed by atoms with Crippen LogP contribution in [-0.2, 0) is 32.4 Å². The maximum absolute atomic E-state index is 6.06. The van der Waals surface area contributed by atoms with Crippen molar-refractivity contribution >= 4 is 22.8 Å². The van der Waals surface area contributed by atoms with Crippen LogP contribution < -0.4 is 0 Å². The van der Waals surface area contributed by atoms with Gasteiger partial charge in [-0.15, -0.1) is 11.6 Å². The molecule has 3 heterocycles. The van der Waals surface area contributed by atoms with Crippen molar-refractivity contribution in [2.75, 3.05) is 0 Å². The van der Waals surface area contributed by atoms with Gasteiger partial charge in [-0.1, -0.05) is 0 Å². The van der Waals surface area contributed by atoms with Gasteiger partial charge in [0.1, 0.15) is 11.3 Å². The second kappa shape index (κ2) is 5.52. The fourth-order valence-electron chi connectivity index (χ4n) is 2.65. The van der Waals surface area contributed by atoms with Gasteiger partial charge in [0.25, 0.3) is 0 Å². The fourth-order valence-corrected chi connectivity index (χ4v) is 2.85. The molecule has 0 unspecified atom stereocenters. The summed E-state index contributed by atoms with van der Waals surface area (Å²) in [7, 11) is 1.93. The molecule has 0 atom stereocenters. The highest BCUT2D eigenvalue weighted by atomic mass is 35.5. The minimum Gasteiger partial charge on any atom is -0.311 e. The van der Waals surface area contributed by atoms with E-state index in [0.717, 1.165) is 47.9 Å². The average Bonchev–Trinajstić information content (AvgIpc) is 3.12. The molecule has 0 fully saturated rings. The molecule has 0 aliphatic heterocycles. The van der Waals surface area contributed by atoms with Crippen molar-refractivity contribution in [2.45, 2.75) is 39.2 Å². The zero-order valence-electron chi connectivity index (χ0n) is 12.5. The van der Waals surface area contributed by atoms with Crippen molar-refractivity contribution in [3.05, 3.63) is 29.5 Å². The van der Waals surface area contributed by atoms with Gasteiger partial charge in [-0.3, -0.25) is 4.68 Å². The summed E-state index contributed by atoms with van der Waals surface area (Å²) in [6.45, 7) is 5.70. The van der Waals surface area contributed by atoms with Crippen molar-refractivity contribution in [2.24, 2.45) is 7.05 Å². The maximum Gasteiger partial charge on any atom is 0.158 e. The molecular weight excluding hydrogens is 288 g/mol. The third-order valence-electron chi connectivity index (χ3n) is 3.66. The first-order valence-electron chi connectivity index (χ1n) is 7.11. The Morgan fingerprint density at radius 1 is 1.29 bits per heavy atom. The number of halogens is 1. The summed E-state index contributed by atoms with van der Waals surface area (Å²) < 4.78 is 5.98. The molecule has 0 spiro atoms. The number of aromatic nitrogens is 6. The van der Waals surface area contributed by atoms with Gasteiger partial charge < -0.3 is 4.57 Å². The smallest absolute Gasteiger partial charge is 0.158 e. The Morgan fingerprint density at radius 3 is 2.71 bits per heavy atom. The molecule has 0 aliphatic rings. The van der Waals surface area contributed by atoms with Crippen molar-refractivity contribution < 1.29 is 0 Å². The molecule has 0 aliphatic carbocycles. The highest BCUT2D eigenvalue weighted by molar-refractivity contribution is 6.16. The van der Waals surface area contributed by atoms with Crippen LogP contribution >= 0.6 is 11.6 Å². The van der Waals surface area contributed by atoms with Crippen molar-refractivity contribution in [1.29, 1.82) is 0 Å². The highest BCUT2D eigenvalue weighted by Gasteiger charge is 2.17. The number of hydrogen-bond donors (Lipinski definition) is 0. The monoisotopic (exact) mass is 306 g/mol. The van der Waals surface area contributed by atoms with E-state index in [1.807, 2.05) is 35.6 Å². The Labute approximate surface area is 128 Å². The van der Waals surface area contributed by atoms with Gasteiger partial charge in [0.2, 0.25) is 0 Å². The number of rotatable bonds is 5. The van der Waals surface area contributed by atoms with Crippen LogP contribution in [0.1, 0.15) is 24.1 Å². The lowest BCUT2D eigenvalue weighted by Gasteiger charge is -2.08. The van der Waals surface area contributed by atoms with Crippen LogP contribution in [-0.4, -0.2) is 29.1 Å². The van der Waals surface area contributed by atoms with E-state index in [0.29, 0.717) is 5.88 Å². The molecule has 6 nitrogen and oxygen atoms in total. The van der Waals surface area contributed by atoms with Crippen LogP contribution in [0.3, 0.4) is 0 Å². The molecule has 0 radical (unpaired) electrons. The largest absolute Gasteiger partial charge is 0.311 e. The third-order valence-corrected chi connectivity index (χ3v) is 3.90. The SMILES string of the molecule is CCn1nc(C)c2nc(CCl)n(CCc3ccn(C)n3)c21. The van der Waals surface area contributed by atoms with E-state index in [4.69, 9.17) is 11.6 Å². The van der Waals surface area contributed by atoms with Gasteiger partial charge in [-0.05, 0) is 19.9 Å². The van der Waals surface area contributed by atoms with Gasteiger partial charge in [0, 0.05) is 32.8 Å². The first kappa shape index (κ1) is 14.1. The average molecular weight is 307 g/mol. The first-order valence-corrected chi connectivity index (χ1v) is 7.64. The second-order valence-electron chi connectivity index (χ2n) is 5.12. The van der Waals surface area contributed by atoms with Crippen LogP contribution in [0.25, 0.3) is 11.2 Å². The molecule has 21 heavy (non-hydrogen) atoms. The molecule has 0 N–H and O–H groups in total. The Kier molecular flexibility index (Phi) is 3.71. The zero-order chi connectivity index (χ0) is 15.0. The van der Waals surface area contributed by atoms with E-state index in [1.54, 1.807) is 0 Å². The lowest BCUT2D eigenvalue weighted by Crippen LogP contribution is -2.10. The predicted molar refractivity (Wildman–Crippen MR) is 82.4 cm³/mol. The van der Waals surface area contributed by atoms with Gasteiger partial charge >= 0.3 is 0 Å². The summed E-state index contributed by atoms with van der Waals surface area (Å²) in [5.41, 5.74) is 4.03. The van der Waals surface area contributed by atoms with E-state index in [1.165, 1.54) is 0 Å². The quantitative estimate of drug-likeness (QED) is 0.680. The number of fused-ring (bicyclic) bond motifs is 1. The first-order chi connectivity index (χ1) is 10.1. The lowest BCUT2D eigenvalue weighted by atomic mass is 10.3. The van der Waals surface area contributed by atoms with Crippen LogP contribution in [0.15, 0.2) is 12.3 Å². The molecule has 0 aromatic carbocycles. The molecule has 3 rings (SSSR count). The van der Waals surface area contributed by atoms with Gasteiger partial charge in [-0.2, -0.15) is 10.2 Å². The summed E-state index contributed by atoms with van der Waals surface area (Å²) in [5, 5.41) is 8.95. The Balaban J connectivity index is 1.99.